The number of thiophene rings is 1. The molecule has 0 saturated heterocycles. The topological polar surface area (TPSA) is 80.9 Å². The zero-order valence-electron chi connectivity index (χ0n) is 23.2. The van der Waals surface area contributed by atoms with Crippen molar-refractivity contribution in [1.29, 1.82) is 0 Å². The van der Waals surface area contributed by atoms with E-state index in [0.717, 1.165) is 48.1 Å². The Balaban J connectivity index is 1.41. The molecule has 0 bridgehead atoms. The second-order valence-corrected chi connectivity index (χ2v) is 11.2. The largest absolute Gasteiger partial charge is 0.462 e. The Hall–Kier alpha value is -3.97. The molecule has 40 heavy (non-hydrogen) atoms. The van der Waals surface area contributed by atoms with E-state index in [0.29, 0.717) is 34.3 Å². The molecule has 0 aliphatic heterocycles. The third-order valence-electron chi connectivity index (χ3n) is 7.26. The number of ether oxygens (including phenoxy) is 1. The number of benzene rings is 2. The molecule has 1 aliphatic rings. The maximum absolute atomic E-state index is 13.6. The lowest BCUT2D eigenvalue weighted by atomic mass is 9.96. The van der Waals surface area contributed by atoms with Crippen LogP contribution in [0.25, 0.3) is 11.3 Å². The van der Waals surface area contributed by atoms with Crippen LogP contribution in [0.3, 0.4) is 0 Å². The highest BCUT2D eigenvalue weighted by Crippen LogP contribution is 2.39. The van der Waals surface area contributed by atoms with E-state index in [1.807, 2.05) is 49.4 Å². The summed E-state index contributed by atoms with van der Waals surface area (Å²) < 4.78 is 11.1. The molecule has 1 amide bonds. The highest BCUT2D eigenvalue weighted by molar-refractivity contribution is 7.16. The molecule has 0 unspecified atom stereocenters. The Morgan fingerprint density at radius 3 is 2.50 bits per heavy atom. The summed E-state index contributed by atoms with van der Waals surface area (Å²) in [7, 11) is 0. The number of furan rings is 1. The van der Waals surface area contributed by atoms with Crippen molar-refractivity contribution in [1.82, 2.24) is 0 Å². The minimum absolute atomic E-state index is 0.115. The van der Waals surface area contributed by atoms with Gasteiger partial charge in [-0.05, 0) is 99.5 Å². The first-order valence-corrected chi connectivity index (χ1v) is 14.7. The van der Waals surface area contributed by atoms with Crippen molar-refractivity contribution in [3.63, 3.8) is 0 Å². The maximum Gasteiger partial charge on any atom is 0.338 e. The van der Waals surface area contributed by atoms with Gasteiger partial charge in [-0.25, -0.2) is 9.79 Å². The number of esters is 1. The molecule has 1 aliphatic carbocycles. The molecule has 2 aromatic carbocycles. The highest BCUT2D eigenvalue weighted by atomic mass is 32.1. The van der Waals surface area contributed by atoms with E-state index in [4.69, 9.17) is 14.1 Å². The molecular formula is C33H34N2O4S. The number of amides is 1. The maximum atomic E-state index is 13.6. The fraction of sp³-hybridized carbons (Fsp3) is 0.303. The Labute approximate surface area is 239 Å². The summed E-state index contributed by atoms with van der Waals surface area (Å²) in [6.45, 7) is 6.23. The number of nitrogens with one attached hydrogen (secondary N) is 1. The molecule has 4 aromatic rings. The van der Waals surface area contributed by atoms with Crippen molar-refractivity contribution < 1.29 is 18.7 Å². The average Bonchev–Trinajstić information content (AvgIpc) is 3.54. The molecule has 2 heterocycles. The normalized spacial score (nSPS) is 13.5. The Bertz CT molecular complexity index is 1550. The van der Waals surface area contributed by atoms with Gasteiger partial charge >= 0.3 is 5.97 Å². The van der Waals surface area contributed by atoms with Crippen molar-refractivity contribution in [2.75, 3.05) is 11.9 Å². The predicted octanol–water partition coefficient (Wildman–Crippen LogP) is 8.46. The first-order valence-electron chi connectivity index (χ1n) is 13.9. The van der Waals surface area contributed by atoms with Gasteiger partial charge in [0.25, 0.3) is 5.91 Å². The molecule has 0 spiro atoms. The summed E-state index contributed by atoms with van der Waals surface area (Å²) in [5.74, 6) is 0.799. The number of fused-ring (bicyclic) bond motifs is 1. The van der Waals surface area contributed by atoms with Crippen molar-refractivity contribution in [3.05, 3.63) is 93.1 Å². The number of anilines is 1. The van der Waals surface area contributed by atoms with Gasteiger partial charge in [0.2, 0.25) is 0 Å². The highest BCUT2D eigenvalue weighted by Gasteiger charge is 2.24. The van der Waals surface area contributed by atoms with Crippen molar-refractivity contribution in [2.45, 2.75) is 59.3 Å². The summed E-state index contributed by atoms with van der Waals surface area (Å²) in [5.41, 5.74) is 6.28. The molecule has 7 heteroatoms. The van der Waals surface area contributed by atoms with Crippen molar-refractivity contribution >= 4 is 40.1 Å². The van der Waals surface area contributed by atoms with Gasteiger partial charge in [-0.2, -0.15) is 0 Å². The van der Waals surface area contributed by atoms with Gasteiger partial charge in [-0.3, -0.25) is 4.79 Å². The lowest BCUT2D eigenvalue weighted by molar-refractivity contribution is 0.0526. The van der Waals surface area contributed by atoms with E-state index < -0.39 is 0 Å². The van der Waals surface area contributed by atoms with Gasteiger partial charge in [0.05, 0.1) is 23.9 Å². The van der Waals surface area contributed by atoms with Crippen LogP contribution in [0.5, 0.6) is 0 Å². The van der Waals surface area contributed by atoms with Gasteiger partial charge in [-0.1, -0.05) is 31.0 Å². The molecule has 2 aromatic heterocycles. The van der Waals surface area contributed by atoms with E-state index in [1.54, 1.807) is 36.6 Å². The predicted molar refractivity (Wildman–Crippen MR) is 161 cm³/mol. The van der Waals surface area contributed by atoms with Gasteiger partial charge in [0.1, 0.15) is 16.5 Å². The summed E-state index contributed by atoms with van der Waals surface area (Å²) >= 11 is 1.62. The van der Waals surface area contributed by atoms with Crippen LogP contribution in [0.15, 0.2) is 64.0 Å². The Kier molecular flexibility index (Phi) is 8.60. The van der Waals surface area contributed by atoms with E-state index >= 15 is 0 Å². The first kappa shape index (κ1) is 27.6. The average molecular weight is 555 g/mol. The van der Waals surface area contributed by atoms with Crippen LogP contribution in [-0.2, 0) is 17.6 Å². The zero-order valence-corrected chi connectivity index (χ0v) is 24.0. The van der Waals surface area contributed by atoms with Gasteiger partial charge in [0.15, 0.2) is 0 Å². The quantitative estimate of drug-likeness (QED) is 0.184. The van der Waals surface area contributed by atoms with Gasteiger partial charge in [0, 0.05) is 16.1 Å². The Morgan fingerprint density at radius 1 is 0.975 bits per heavy atom. The van der Waals surface area contributed by atoms with Crippen LogP contribution in [0.2, 0.25) is 0 Å². The van der Waals surface area contributed by atoms with Gasteiger partial charge < -0.3 is 14.5 Å². The van der Waals surface area contributed by atoms with Crippen LogP contribution in [-0.4, -0.2) is 24.7 Å². The molecular weight excluding hydrogens is 520 g/mol. The van der Waals surface area contributed by atoms with Crippen LogP contribution in [0, 0.1) is 13.8 Å². The molecule has 0 saturated carbocycles. The van der Waals surface area contributed by atoms with Crippen LogP contribution in [0.4, 0.5) is 10.7 Å². The Morgan fingerprint density at radius 2 is 1.75 bits per heavy atom. The molecule has 206 valence electrons. The van der Waals surface area contributed by atoms with Gasteiger partial charge in [-0.15, -0.1) is 11.3 Å². The van der Waals surface area contributed by atoms with Crippen LogP contribution >= 0.6 is 11.3 Å². The van der Waals surface area contributed by atoms with E-state index in [2.05, 4.69) is 12.2 Å². The van der Waals surface area contributed by atoms with E-state index in [9.17, 15) is 9.59 Å². The molecule has 0 atom stereocenters. The zero-order chi connectivity index (χ0) is 28.1. The fourth-order valence-electron chi connectivity index (χ4n) is 4.93. The van der Waals surface area contributed by atoms with Crippen molar-refractivity contribution in [3.8, 4) is 11.3 Å². The lowest BCUT2D eigenvalue weighted by Gasteiger charge is -2.12. The number of nitrogens with zero attached hydrogens (tertiary/aromatic N) is 1. The molecule has 1 N–H and O–H groups in total. The summed E-state index contributed by atoms with van der Waals surface area (Å²) in [6.07, 6.45) is 8.16. The SMILES string of the molecule is CCOC(=O)c1ccc(-c2ccc(C=Nc3sc4c(c3C(=O)Nc3ccc(C)c(C)c3)CCCCCC4)o2)cc1. The second kappa shape index (κ2) is 12.5. The number of carbonyl (C=O) groups is 2. The summed E-state index contributed by atoms with van der Waals surface area (Å²) in [6, 6.07) is 16.8. The fourth-order valence-corrected chi connectivity index (χ4v) is 6.16. The number of carbonyl (C=O) groups excluding carboxylic acids is 2. The third-order valence-corrected chi connectivity index (χ3v) is 8.46. The smallest absolute Gasteiger partial charge is 0.338 e. The van der Waals surface area contributed by atoms with Crippen LogP contribution < -0.4 is 5.32 Å². The summed E-state index contributed by atoms with van der Waals surface area (Å²) in [5, 5.41) is 3.83. The minimum Gasteiger partial charge on any atom is -0.462 e. The minimum atomic E-state index is -0.344. The number of aliphatic imine (C=N–C) groups is 1. The lowest BCUT2D eigenvalue weighted by Crippen LogP contribution is -2.14. The number of rotatable bonds is 7. The van der Waals surface area contributed by atoms with Crippen molar-refractivity contribution in [2.24, 2.45) is 4.99 Å². The van der Waals surface area contributed by atoms with E-state index in [-0.39, 0.29) is 11.9 Å². The third kappa shape index (κ3) is 6.26. The number of aryl methyl sites for hydroxylation is 3. The molecule has 0 fully saturated rings. The monoisotopic (exact) mass is 554 g/mol. The van der Waals surface area contributed by atoms with E-state index in [1.165, 1.54) is 23.3 Å². The second-order valence-electron chi connectivity index (χ2n) is 10.1. The standard InChI is InChI=1S/C33H34N2O4S/c1-4-38-33(37)24-14-12-23(13-15-24)28-18-17-26(39-28)20-34-32-30(27-9-7-5-6-8-10-29(27)40-32)31(36)35-25-16-11-21(2)22(3)19-25/h11-20H,4-10H2,1-3H3,(H,35,36). The van der Waals surface area contributed by atoms with Crippen LogP contribution in [0.1, 0.15) is 80.7 Å². The number of hydrogen-bond acceptors (Lipinski definition) is 6. The summed E-state index contributed by atoms with van der Waals surface area (Å²) in [4.78, 5) is 31.6. The molecule has 5 rings (SSSR count). The first-order chi connectivity index (χ1) is 19.4. The molecule has 6 nitrogen and oxygen atoms in total. The molecule has 0 radical (unpaired) electrons. The number of hydrogen-bond donors (Lipinski definition) is 1.